The normalized spacial score (nSPS) is 13.1. The molecule has 0 amide bonds. The molecule has 6 nitrogen and oxygen atoms in total. The minimum Gasteiger partial charge on any atom is -0.462 e. The van der Waals surface area contributed by atoms with Crippen molar-refractivity contribution in [1.29, 1.82) is 0 Å². The van der Waals surface area contributed by atoms with Crippen LogP contribution in [0.15, 0.2) is 122 Å². The third kappa shape index (κ3) is 50.7. The molecule has 65 heavy (non-hydrogen) atoms. The van der Waals surface area contributed by atoms with Gasteiger partial charge < -0.3 is 14.2 Å². The Morgan fingerprint density at radius 3 is 1.02 bits per heavy atom. The lowest BCUT2D eigenvalue weighted by Gasteiger charge is -2.18. The van der Waals surface area contributed by atoms with Crippen LogP contribution in [0.4, 0.5) is 0 Å². The molecule has 0 aromatic carbocycles. The summed E-state index contributed by atoms with van der Waals surface area (Å²) in [5.41, 5.74) is 0. The van der Waals surface area contributed by atoms with Gasteiger partial charge in [-0.25, -0.2) is 0 Å². The SMILES string of the molecule is CC/C=C\C/C=C\C/C=C\C/C=C\CCCCCC(=O)OC(COC(=O)CCC/C=C\C/C=C\C/C=C\C/C=C\CCCCC)COC(=O)CCCCCCCCC/C=C\C/C=C\CC. The highest BCUT2D eigenvalue weighted by molar-refractivity contribution is 5.71. The Bertz CT molecular complexity index is 1400. The molecule has 0 rings (SSSR count). The zero-order chi connectivity index (χ0) is 47.2. The van der Waals surface area contributed by atoms with Gasteiger partial charge in [0.2, 0.25) is 0 Å². The average molecular weight is 899 g/mol. The van der Waals surface area contributed by atoms with Gasteiger partial charge in [-0.2, -0.15) is 0 Å². The second-order valence-electron chi connectivity index (χ2n) is 16.7. The van der Waals surface area contributed by atoms with Crippen LogP contribution in [0.5, 0.6) is 0 Å². The maximum absolute atomic E-state index is 12.8. The standard InChI is InChI=1S/C59H94O6/c1-4-7-10-13-16-19-22-25-28-30-32-34-37-40-43-46-49-52-58(61)64-55-56(54-63-57(60)51-48-45-42-39-36-33-27-24-21-18-15-12-9-6-3)65-59(62)53-50-47-44-41-38-35-31-29-26-23-20-17-14-11-8-5-2/h8-9,11-12,16-21,25-26,28-29,32,34-35,38,40,43,56H,4-7,10,13-15,22-24,27,30-31,33,36-37,39,41-42,44-55H2,1-3H3/b11-8-,12-9-,19-16-,20-17-,21-18-,28-25-,29-26-,34-32-,38-35-,43-40-. The molecular formula is C59H94O6. The van der Waals surface area contributed by atoms with Crippen molar-refractivity contribution in [1.82, 2.24) is 0 Å². The first-order valence-electron chi connectivity index (χ1n) is 26.0. The molecule has 0 aliphatic carbocycles. The summed E-state index contributed by atoms with van der Waals surface area (Å²) in [5, 5.41) is 0. The second kappa shape index (κ2) is 52.4. The van der Waals surface area contributed by atoms with Crippen LogP contribution in [0.25, 0.3) is 0 Å². The highest BCUT2D eigenvalue weighted by atomic mass is 16.6. The van der Waals surface area contributed by atoms with E-state index in [4.69, 9.17) is 14.2 Å². The summed E-state index contributed by atoms with van der Waals surface area (Å²) in [7, 11) is 0. The Morgan fingerprint density at radius 1 is 0.323 bits per heavy atom. The molecule has 0 radical (unpaired) electrons. The van der Waals surface area contributed by atoms with Crippen LogP contribution in [-0.4, -0.2) is 37.2 Å². The van der Waals surface area contributed by atoms with Crippen molar-refractivity contribution in [3.05, 3.63) is 122 Å². The lowest BCUT2D eigenvalue weighted by atomic mass is 10.1. The molecule has 0 saturated heterocycles. The molecule has 0 bridgehead atoms. The summed E-state index contributed by atoms with van der Waals surface area (Å²) in [4.78, 5) is 38.0. The van der Waals surface area contributed by atoms with Gasteiger partial charge in [-0.1, -0.05) is 194 Å². The van der Waals surface area contributed by atoms with Gasteiger partial charge in [-0.3, -0.25) is 14.4 Å². The van der Waals surface area contributed by atoms with Crippen molar-refractivity contribution in [2.45, 2.75) is 219 Å². The minimum atomic E-state index is -0.823. The van der Waals surface area contributed by atoms with E-state index >= 15 is 0 Å². The Kier molecular flexibility index (Phi) is 49.1. The predicted octanol–water partition coefficient (Wildman–Crippen LogP) is 17.3. The highest BCUT2D eigenvalue weighted by Crippen LogP contribution is 2.12. The topological polar surface area (TPSA) is 78.9 Å². The van der Waals surface area contributed by atoms with Crippen molar-refractivity contribution in [2.75, 3.05) is 13.2 Å². The molecule has 1 atom stereocenters. The van der Waals surface area contributed by atoms with Crippen molar-refractivity contribution in [3.8, 4) is 0 Å². The van der Waals surface area contributed by atoms with E-state index in [1.54, 1.807) is 0 Å². The van der Waals surface area contributed by atoms with Crippen LogP contribution in [-0.2, 0) is 28.6 Å². The number of carbonyl (C=O) groups excluding carboxylic acids is 3. The van der Waals surface area contributed by atoms with Crippen molar-refractivity contribution in [2.24, 2.45) is 0 Å². The van der Waals surface area contributed by atoms with Crippen LogP contribution in [0.3, 0.4) is 0 Å². The Hall–Kier alpha value is -4.19. The summed E-state index contributed by atoms with van der Waals surface area (Å²) >= 11 is 0. The zero-order valence-corrected chi connectivity index (χ0v) is 41.7. The van der Waals surface area contributed by atoms with E-state index in [9.17, 15) is 14.4 Å². The summed E-state index contributed by atoms with van der Waals surface area (Å²) in [6.07, 6.45) is 71.8. The maximum atomic E-state index is 12.8. The molecule has 0 aliphatic rings. The van der Waals surface area contributed by atoms with Crippen molar-refractivity contribution >= 4 is 17.9 Å². The van der Waals surface area contributed by atoms with E-state index in [1.807, 2.05) is 0 Å². The van der Waals surface area contributed by atoms with Crippen LogP contribution in [0, 0.1) is 0 Å². The molecule has 0 aromatic heterocycles. The molecule has 6 heteroatoms. The molecule has 1 unspecified atom stereocenters. The Balaban J connectivity index is 4.56. The van der Waals surface area contributed by atoms with E-state index in [-0.39, 0.29) is 44.0 Å². The lowest BCUT2D eigenvalue weighted by molar-refractivity contribution is -0.167. The molecule has 366 valence electrons. The number of allylic oxidation sites excluding steroid dienone is 20. The Labute approximate surface area is 399 Å². The lowest BCUT2D eigenvalue weighted by Crippen LogP contribution is -2.30. The van der Waals surface area contributed by atoms with Gasteiger partial charge in [0.15, 0.2) is 6.10 Å². The van der Waals surface area contributed by atoms with E-state index < -0.39 is 6.10 Å². The monoisotopic (exact) mass is 899 g/mol. The summed E-state index contributed by atoms with van der Waals surface area (Å²) < 4.78 is 16.7. The molecule has 0 aliphatic heterocycles. The highest BCUT2D eigenvalue weighted by Gasteiger charge is 2.19. The first kappa shape index (κ1) is 60.8. The number of unbranched alkanes of at least 4 members (excludes halogenated alkanes) is 14. The maximum Gasteiger partial charge on any atom is 0.306 e. The molecule has 0 fully saturated rings. The van der Waals surface area contributed by atoms with Crippen LogP contribution in [0.2, 0.25) is 0 Å². The third-order valence-corrected chi connectivity index (χ3v) is 10.4. The van der Waals surface area contributed by atoms with Gasteiger partial charge in [0.05, 0.1) is 0 Å². The zero-order valence-electron chi connectivity index (χ0n) is 41.7. The van der Waals surface area contributed by atoms with Gasteiger partial charge in [0, 0.05) is 19.3 Å². The van der Waals surface area contributed by atoms with E-state index in [0.29, 0.717) is 19.3 Å². The molecular weight excluding hydrogens is 805 g/mol. The van der Waals surface area contributed by atoms with Crippen LogP contribution >= 0.6 is 0 Å². The average Bonchev–Trinajstić information content (AvgIpc) is 3.30. The second-order valence-corrected chi connectivity index (χ2v) is 16.7. The smallest absolute Gasteiger partial charge is 0.306 e. The Morgan fingerprint density at radius 2 is 0.615 bits per heavy atom. The molecule has 0 heterocycles. The largest absolute Gasteiger partial charge is 0.462 e. The molecule has 0 saturated carbocycles. The van der Waals surface area contributed by atoms with Gasteiger partial charge in [-0.05, 0) is 122 Å². The quantitative estimate of drug-likeness (QED) is 0.0262. The van der Waals surface area contributed by atoms with E-state index in [0.717, 1.165) is 109 Å². The predicted molar refractivity (Wildman–Crippen MR) is 279 cm³/mol. The summed E-state index contributed by atoms with van der Waals surface area (Å²) in [6.45, 7) is 6.29. The number of hydrogen-bond donors (Lipinski definition) is 0. The number of esters is 3. The van der Waals surface area contributed by atoms with E-state index in [1.165, 1.54) is 51.4 Å². The van der Waals surface area contributed by atoms with Crippen molar-refractivity contribution < 1.29 is 28.6 Å². The third-order valence-electron chi connectivity index (χ3n) is 10.4. The van der Waals surface area contributed by atoms with Crippen molar-refractivity contribution in [3.63, 3.8) is 0 Å². The fourth-order valence-electron chi connectivity index (χ4n) is 6.58. The summed E-state index contributed by atoms with van der Waals surface area (Å²) in [6, 6.07) is 0. The number of carbonyl (C=O) groups is 3. The molecule has 0 spiro atoms. The van der Waals surface area contributed by atoms with E-state index in [2.05, 4.69) is 142 Å². The molecule has 0 aromatic rings. The van der Waals surface area contributed by atoms with Gasteiger partial charge in [-0.15, -0.1) is 0 Å². The first-order valence-corrected chi connectivity index (χ1v) is 26.0. The minimum absolute atomic E-state index is 0.116. The number of rotatable bonds is 45. The first-order chi connectivity index (χ1) is 32.0. The number of hydrogen-bond acceptors (Lipinski definition) is 6. The fraction of sp³-hybridized carbons (Fsp3) is 0.610. The van der Waals surface area contributed by atoms with Gasteiger partial charge >= 0.3 is 17.9 Å². The van der Waals surface area contributed by atoms with Gasteiger partial charge in [0.25, 0.3) is 0 Å². The van der Waals surface area contributed by atoms with Crippen LogP contribution < -0.4 is 0 Å². The van der Waals surface area contributed by atoms with Crippen LogP contribution in [0.1, 0.15) is 213 Å². The number of ether oxygens (including phenoxy) is 3. The van der Waals surface area contributed by atoms with Gasteiger partial charge in [0.1, 0.15) is 13.2 Å². The summed E-state index contributed by atoms with van der Waals surface area (Å²) in [5.74, 6) is -1.02. The molecule has 0 N–H and O–H groups in total. The fourth-order valence-corrected chi connectivity index (χ4v) is 6.58.